The summed E-state index contributed by atoms with van der Waals surface area (Å²) in [6, 6.07) is 17.1. The topological polar surface area (TPSA) is 86.7 Å². The average molecular weight is 539 g/mol. The van der Waals surface area contributed by atoms with Gasteiger partial charge in [0.1, 0.15) is 5.69 Å². The molecule has 2 aromatic heterocycles. The fourth-order valence-electron chi connectivity index (χ4n) is 3.52. The van der Waals surface area contributed by atoms with Crippen LogP contribution >= 0.6 is 27.7 Å². The summed E-state index contributed by atoms with van der Waals surface area (Å²) < 4.78 is 6.14. The highest BCUT2D eigenvalue weighted by Gasteiger charge is 2.19. The monoisotopic (exact) mass is 538 g/mol. The lowest BCUT2D eigenvalue weighted by molar-refractivity contribution is -0.113. The summed E-state index contributed by atoms with van der Waals surface area (Å²) in [6.45, 7) is 6.12. The van der Waals surface area contributed by atoms with Crippen LogP contribution in [-0.4, -0.2) is 35.8 Å². The highest BCUT2D eigenvalue weighted by atomic mass is 79.9. The smallest absolute Gasteiger partial charge is 0.295 e. The summed E-state index contributed by atoms with van der Waals surface area (Å²) in [5.41, 5.74) is 2.29. The molecule has 0 atom stereocenters. The highest BCUT2D eigenvalue weighted by Crippen LogP contribution is 2.25. The fraction of sp³-hybridized carbons (Fsp3) is 0.167. The third-order valence-corrected chi connectivity index (χ3v) is 6.78. The lowest BCUT2D eigenvalue weighted by atomic mass is 10.2. The average Bonchev–Trinajstić information content (AvgIpc) is 3.33. The maximum absolute atomic E-state index is 13.0. The van der Waals surface area contributed by atoms with Gasteiger partial charge >= 0.3 is 0 Å². The van der Waals surface area contributed by atoms with E-state index in [1.54, 1.807) is 24.7 Å². The van der Waals surface area contributed by atoms with Crippen LogP contribution < -0.4 is 10.9 Å². The number of halogens is 1. The van der Waals surface area contributed by atoms with Gasteiger partial charge in [0.05, 0.1) is 17.1 Å². The van der Waals surface area contributed by atoms with Gasteiger partial charge in [-0.15, -0.1) is 16.8 Å². The molecule has 0 radical (unpaired) electrons. The van der Waals surface area contributed by atoms with Crippen molar-refractivity contribution in [2.75, 3.05) is 11.1 Å². The number of hydrogen-bond donors (Lipinski definition) is 1. The van der Waals surface area contributed by atoms with E-state index in [2.05, 4.69) is 38.0 Å². The van der Waals surface area contributed by atoms with Crippen molar-refractivity contribution < 1.29 is 4.79 Å². The number of anilines is 1. The molecule has 0 aliphatic rings. The molecule has 0 bridgehead atoms. The van der Waals surface area contributed by atoms with Gasteiger partial charge in [-0.25, -0.2) is 4.68 Å². The van der Waals surface area contributed by atoms with Gasteiger partial charge in [-0.1, -0.05) is 64.1 Å². The highest BCUT2D eigenvalue weighted by molar-refractivity contribution is 9.10. The van der Waals surface area contributed by atoms with E-state index < -0.39 is 0 Å². The summed E-state index contributed by atoms with van der Waals surface area (Å²) in [5.74, 6) is 0.476. The fourth-order valence-corrected chi connectivity index (χ4v) is 4.53. The number of benzene rings is 2. The number of nitrogens with one attached hydrogen (secondary N) is 1. The van der Waals surface area contributed by atoms with E-state index in [0.717, 1.165) is 15.7 Å². The van der Waals surface area contributed by atoms with E-state index in [1.807, 2.05) is 59.2 Å². The molecular formula is C24H23BrN6O2S. The van der Waals surface area contributed by atoms with Gasteiger partial charge in [0.15, 0.2) is 11.0 Å². The summed E-state index contributed by atoms with van der Waals surface area (Å²) >= 11 is 4.69. The molecule has 4 aromatic rings. The van der Waals surface area contributed by atoms with Crippen LogP contribution in [0.2, 0.25) is 0 Å². The summed E-state index contributed by atoms with van der Waals surface area (Å²) in [7, 11) is 1.79. The Morgan fingerprint density at radius 1 is 1.15 bits per heavy atom. The van der Waals surface area contributed by atoms with Crippen molar-refractivity contribution in [1.29, 1.82) is 0 Å². The largest absolute Gasteiger partial charge is 0.319 e. The number of amides is 1. The Morgan fingerprint density at radius 3 is 2.53 bits per heavy atom. The Kier molecular flexibility index (Phi) is 7.18. The molecule has 174 valence electrons. The van der Waals surface area contributed by atoms with E-state index in [9.17, 15) is 9.59 Å². The van der Waals surface area contributed by atoms with E-state index in [1.165, 1.54) is 16.4 Å². The van der Waals surface area contributed by atoms with Gasteiger partial charge in [0.25, 0.3) is 5.56 Å². The standard InChI is InChI=1S/C24H23BrN6O2S/c1-4-14-30-22(17-10-12-18(25)13-11-17)27-28-24(30)34-15-20(32)26-21-16(2)29(3)31(23(21)33)19-8-6-5-7-9-19/h4-13H,1,14-15H2,2-3H3,(H,26,32). The van der Waals surface area contributed by atoms with E-state index in [0.29, 0.717) is 23.2 Å². The number of carbonyl (C=O) groups excluding carboxylic acids is 1. The van der Waals surface area contributed by atoms with Crippen molar-refractivity contribution in [1.82, 2.24) is 24.1 Å². The van der Waals surface area contributed by atoms with Crippen molar-refractivity contribution in [3.63, 3.8) is 0 Å². The second-order valence-corrected chi connectivity index (χ2v) is 9.34. The zero-order valence-electron chi connectivity index (χ0n) is 18.7. The van der Waals surface area contributed by atoms with Gasteiger partial charge in [-0.2, -0.15) is 0 Å². The molecule has 2 heterocycles. The first kappa shape index (κ1) is 23.8. The quantitative estimate of drug-likeness (QED) is 0.265. The molecule has 0 unspecified atom stereocenters. The molecule has 2 aromatic carbocycles. The second kappa shape index (κ2) is 10.3. The van der Waals surface area contributed by atoms with Crippen LogP contribution in [0.3, 0.4) is 0 Å². The molecule has 0 fully saturated rings. The molecule has 0 saturated heterocycles. The van der Waals surface area contributed by atoms with Gasteiger partial charge in [-0.3, -0.25) is 18.8 Å². The Hall–Kier alpha value is -3.37. The van der Waals surface area contributed by atoms with Crippen molar-refractivity contribution in [2.24, 2.45) is 7.05 Å². The molecule has 0 spiro atoms. The molecule has 4 rings (SSSR count). The lowest BCUT2D eigenvalue weighted by Crippen LogP contribution is -2.23. The van der Waals surface area contributed by atoms with Crippen LogP contribution in [0, 0.1) is 6.92 Å². The van der Waals surface area contributed by atoms with Gasteiger partial charge in [0.2, 0.25) is 5.91 Å². The predicted molar refractivity (Wildman–Crippen MR) is 138 cm³/mol. The first-order valence-electron chi connectivity index (χ1n) is 10.5. The predicted octanol–water partition coefficient (Wildman–Crippen LogP) is 4.42. The third kappa shape index (κ3) is 4.78. The molecule has 0 aliphatic heterocycles. The van der Waals surface area contributed by atoms with Crippen LogP contribution in [-0.2, 0) is 18.4 Å². The minimum atomic E-state index is -0.297. The number of rotatable bonds is 8. The number of allylic oxidation sites excluding steroid dienone is 1. The molecule has 0 aliphatic carbocycles. The Bertz CT molecular complexity index is 1390. The summed E-state index contributed by atoms with van der Waals surface area (Å²) in [5, 5.41) is 12.0. The van der Waals surface area contributed by atoms with Crippen molar-refractivity contribution in [3.8, 4) is 17.1 Å². The summed E-state index contributed by atoms with van der Waals surface area (Å²) in [6.07, 6.45) is 1.76. The van der Waals surface area contributed by atoms with Crippen LogP contribution in [0.15, 0.2) is 81.7 Å². The molecule has 1 amide bonds. The third-order valence-electron chi connectivity index (χ3n) is 5.28. The van der Waals surface area contributed by atoms with Crippen LogP contribution in [0.1, 0.15) is 5.69 Å². The number of hydrogen-bond acceptors (Lipinski definition) is 5. The lowest BCUT2D eigenvalue weighted by Gasteiger charge is -2.08. The summed E-state index contributed by atoms with van der Waals surface area (Å²) in [4.78, 5) is 25.8. The maximum Gasteiger partial charge on any atom is 0.295 e. The van der Waals surface area contributed by atoms with Crippen molar-refractivity contribution >= 4 is 39.3 Å². The Labute approximate surface area is 209 Å². The van der Waals surface area contributed by atoms with Crippen LogP contribution in [0.25, 0.3) is 17.1 Å². The molecule has 0 saturated carbocycles. The molecule has 34 heavy (non-hydrogen) atoms. The van der Waals surface area contributed by atoms with Crippen LogP contribution in [0.4, 0.5) is 5.69 Å². The van der Waals surface area contributed by atoms with Gasteiger partial charge in [0, 0.05) is 23.6 Å². The second-order valence-electron chi connectivity index (χ2n) is 7.49. The molecule has 1 N–H and O–H groups in total. The molecule has 10 heteroatoms. The zero-order valence-corrected chi connectivity index (χ0v) is 21.1. The minimum absolute atomic E-state index is 0.0781. The maximum atomic E-state index is 13.0. The van der Waals surface area contributed by atoms with Gasteiger partial charge in [-0.05, 0) is 31.2 Å². The van der Waals surface area contributed by atoms with Gasteiger partial charge < -0.3 is 5.32 Å². The number of carbonyl (C=O) groups is 1. The number of aromatic nitrogens is 5. The first-order valence-corrected chi connectivity index (χ1v) is 12.2. The van der Waals surface area contributed by atoms with E-state index >= 15 is 0 Å². The molecule has 8 nitrogen and oxygen atoms in total. The first-order chi connectivity index (χ1) is 16.4. The normalized spacial score (nSPS) is 10.9. The van der Waals surface area contributed by atoms with Crippen molar-refractivity contribution in [2.45, 2.75) is 18.6 Å². The Morgan fingerprint density at radius 2 is 1.85 bits per heavy atom. The van der Waals surface area contributed by atoms with E-state index in [4.69, 9.17) is 0 Å². The zero-order chi connectivity index (χ0) is 24.2. The Balaban J connectivity index is 1.52. The minimum Gasteiger partial charge on any atom is -0.319 e. The van der Waals surface area contributed by atoms with E-state index in [-0.39, 0.29) is 22.9 Å². The number of para-hydroxylation sites is 1. The van der Waals surface area contributed by atoms with Crippen LogP contribution in [0.5, 0.6) is 0 Å². The molecular weight excluding hydrogens is 516 g/mol. The number of thioether (sulfide) groups is 1. The SMILES string of the molecule is C=CCn1c(SCC(=O)Nc2c(C)n(C)n(-c3ccccc3)c2=O)nnc1-c1ccc(Br)cc1. The number of nitrogens with zero attached hydrogens (tertiary/aromatic N) is 5. The van der Waals surface area contributed by atoms with Crippen molar-refractivity contribution in [3.05, 3.63) is 87.8 Å².